The molecular formula is H19AsNa2O11. The van der Waals surface area contributed by atoms with Gasteiger partial charge in [-0.1, -0.05) is 0 Å². The molecule has 0 radical (unpaired) electrons. The van der Waals surface area contributed by atoms with E-state index >= 15 is 0 Å². The average molecular weight is 316 g/mol. The quantitative estimate of drug-likeness (QED) is 0.366. The van der Waals surface area contributed by atoms with E-state index in [0.717, 1.165) is 0 Å². The first-order valence-corrected chi connectivity index (χ1v) is 4.07. The molecule has 0 atom stereocenters. The molecule has 0 rings (SSSR count). The third-order valence-electron chi connectivity index (χ3n) is 0. The Hall–Kier alpha value is 1.96. The molecule has 0 aliphatic carbocycles. The van der Waals surface area contributed by atoms with Gasteiger partial charge in [-0.05, 0) is 0 Å². The van der Waals surface area contributed by atoms with Gasteiger partial charge in [-0.3, -0.25) is 0 Å². The Morgan fingerprint density at radius 2 is 0.643 bits per heavy atom. The van der Waals surface area contributed by atoms with Crippen LogP contribution in [0.25, 0.3) is 0 Å². The van der Waals surface area contributed by atoms with Gasteiger partial charge in [0.25, 0.3) is 0 Å². The van der Waals surface area contributed by atoms with Crippen LogP contribution in [0.3, 0.4) is 0 Å². The van der Waals surface area contributed by atoms with Gasteiger partial charge in [-0.25, -0.2) is 0 Å². The first-order chi connectivity index (χ1) is 2.00. The fraction of sp³-hybridized carbons (Fsp3) is 0. The molecule has 0 unspecified atom stereocenters. The first-order valence-electron chi connectivity index (χ1n) is 0.783. The van der Waals surface area contributed by atoms with E-state index in [-0.39, 0.29) is 100 Å². The Bertz CT molecular complexity index is 68.1. The third kappa shape index (κ3) is 611. The summed E-state index contributed by atoms with van der Waals surface area (Å²) < 4.78 is 30.7. The molecule has 0 saturated heterocycles. The van der Waals surface area contributed by atoms with Gasteiger partial charge in [0.15, 0.2) is 0 Å². The number of hydrogen-bond acceptors (Lipinski definition) is 1. The average Bonchev–Trinajstić information content (AvgIpc) is 0.722. The predicted molar refractivity (Wildman–Crippen MR) is 40.6 cm³/mol. The van der Waals surface area contributed by atoms with Crippen LogP contribution in [0, 0.1) is 0 Å². The van der Waals surface area contributed by atoms with Crippen molar-refractivity contribution in [3.63, 3.8) is 0 Å². The Kier molecular flexibility index (Phi) is 331. The molecule has 0 saturated carbocycles. The monoisotopic (exact) mass is 316 g/mol. The predicted octanol–water partition coefficient (Wildman–Crippen LogP) is -13.7. The minimum Gasteiger partial charge on any atom is -1.00 e. The Morgan fingerprint density at radius 3 is 0.643 bits per heavy atom. The Morgan fingerprint density at radius 1 is 0.643 bits per heavy atom. The summed E-state index contributed by atoms with van der Waals surface area (Å²) in [6.45, 7) is 0. The van der Waals surface area contributed by atoms with E-state index in [2.05, 4.69) is 0 Å². The van der Waals surface area contributed by atoms with Crippen LogP contribution in [0.1, 0.15) is 2.85 Å². The molecule has 92 valence electrons. The van der Waals surface area contributed by atoms with Gasteiger partial charge in [0.2, 0.25) is 0 Å². The molecule has 0 bridgehead atoms. The smallest absolute Gasteiger partial charge is 1.00 e. The largest absolute Gasteiger partial charge is 1.00 e. The molecule has 0 aliphatic rings. The molecule has 0 heterocycles. The summed E-state index contributed by atoms with van der Waals surface area (Å²) in [5.41, 5.74) is 0. The molecular weight excluding hydrogens is 297 g/mol. The van der Waals surface area contributed by atoms with E-state index < -0.39 is 14.5 Å². The zero-order chi connectivity index (χ0) is 4.50. The number of hydrogen-bond donors (Lipinski definition) is 3. The van der Waals surface area contributed by atoms with Crippen molar-refractivity contribution in [3.05, 3.63) is 0 Å². The fourth-order valence-electron chi connectivity index (χ4n) is 0. The van der Waals surface area contributed by atoms with E-state index in [9.17, 15) is 0 Å². The maximum atomic E-state index is 8.94. The van der Waals surface area contributed by atoms with Crippen LogP contribution in [0.15, 0.2) is 0 Å². The normalized spacial score (nSPS) is 4.21. The van der Waals surface area contributed by atoms with E-state index in [1.54, 1.807) is 0 Å². The van der Waals surface area contributed by atoms with Crippen molar-refractivity contribution in [2.24, 2.45) is 0 Å². The third-order valence-corrected chi connectivity index (χ3v) is 0. The zero-order valence-corrected chi connectivity index (χ0v) is 13.6. The molecule has 14 heavy (non-hydrogen) atoms. The molecule has 0 aromatic heterocycles. The van der Waals surface area contributed by atoms with Crippen LogP contribution in [0.2, 0.25) is 0 Å². The second-order valence-electron chi connectivity index (χ2n) is 0.513. The van der Waals surface area contributed by atoms with E-state index in [4.69, 9.17) is 16.0 Å². The molecule has 17 N–H and O–H groups in total. The minimum absolute atomic E-state index is 0. The maximum Gasteiger partial charge on any atom is 1.00 e. The van der Waals surface area contributed by atoms with Crippen molar-refractivity contribution >= 4 is 14.5 Å². The zero-order valence-electron chi connectivity index (χ0n) is 9.70. The van der Waals surface area contributed by atoms with Crippen molar-refractivity contribution < 1.29 is 116 Å². The van der Waals surface area contributed by atoms with Gasteiger partial charge >= 0.3 is 89.7 Å². The molecule has 0 aliphatic heterocycles. The topological polar surface area (TPSA) is 298 Å². The van der Waals surface area contributed by atoms with Crippen LogP contribution in [0.5, 0.6) is 0 Å². The van der Waals surface area contributed by atoms with Crippen molar-refractivity contribution in [3.8, 4) is 0 Å². The maximum absolute atomic E-state index is 8.94. The SMILES string of the molecule is O.O.O.O.O.O.O.O=[As](O)(O)O.[H-].[H-].[Na+].[Na+]. The molecule has 0 aromatic carbocycles. The van der Waals surface area contributed by atoms with Gasteiger partial charge in [0.1, 0.15) is 0 Å². The van der Waals surface area contributed by atoms with Crippen molar-refractivity contribution in [1.82, 2.24) is 0 Å². The molecule has 14 heteroatoms. The van der Waals surface area contributed by atoms with Gasteiger partial charge in [-0.2, -0.15) is 0 Å². The minimum atomic E-state index is -5.12. The summed E-state index contributed by atoms with van der Waals surface area (Å²) in [5.74, 6) is 0. The van der Waals surface area contributed by atoms with Crippen LogP contribution in [0.4, 0.5) is 0 Å². The van der Waals surface area contributed by atoms with Crippen LogP contribution >= 0.6 is 0 Å². The Labute approximate surface area is 130 Å². The van der Waals surface area contributed by atoms with Gasteiger partial charge < -0.3 is 41.2 Å². The van der Waals surface area contributed by atoms with Crippen LogP contribution in [-0.4, -0.2) is 65.1 Å². The van der Waals surface area contributed by atoms with E-state index in [0.29, 0.717) is 0 Å². The molecule has 0 spiro atoms. The van der Waals surface area contributed by atoms with Gasteiger partial charge in [0, 0.05) is 0 Å². The van der Waals surface area contributed by atoms with Crippen LogP contribution in [-0.2, 0) is 3.74 Å². The summed E-state index contributed by atoms with van der Waals surface area (Å²) in [6.07, 6.45) is 0. The first kappa shape index (κ1) is 101. The fourth-order valence-corrected chi connectivity index (χ4v) is 0. The standard InChI is InChI=1S/AsH3O4.2Na.7H2O.2H/c2-1(3,4)5;;;;;;;;;;;/h(H3,2,3,4,5);;;7*1H2;;/q;2*+1;;;;;;;;2*-1. The summed E-state index contributed by atoms with van der Waals surface area (Å²) in [6, 6.07) is 0. The Balaban J connectivity index is -0.00000000145. The second kappa shape index (κ2) is 46.0. The van der Waals surface area contributed by atoms with E-state index in [1.807, 2.05) is 0 Å². The summed E-state index contributed by atoms with van der Waals surface area (Å²) in [7, 11) is 0. The summed E-state index contributed by atoms with van der Waals surface area (Å²) in [5, 5.41) is 0. The van der Waals surface area contributed by atoms with E-state index in [1.165, 1.54) is 0 Å². The summed E-state index contributed by atoms with van der Waals surface area (Å²) in [4.78, 5) is 0. The van der Waals surface area contributed by atoms with Gasteiger partial charge in [-0.15, -0.1) is 0 Å². The van der Waals surface area contributed by atoms with Crippen molar-refractivity contribution in [2.45, 2.75) is 0 Å². The molecule has 0 fully saturated rings. The van der Waals surface area contributed by atoms with Crippen molar-refractivity contribution in [1.29, 1.82) is 0 Å². The molecule has 0 aromatic rings. The number of rotatable bonds is 0. The summed E-state index contributed by atoms with van der Waals surface area (Å²) >= 11 is -5.12. The van der Waals surface area contributed by atoms with Crippen LogP contribution < -0.4 is 59.1 Å². The molecule has 0 amide bonds. The van der Waals surface area contributed by atoms with Gasteiger partial charge in [0.05, 0.1) is 0 Å². The second-order valence-corrected chi connectivity index (χ2v) is 2.67. The molecule has 11 nitrogen and oxygen atoms in total. The van der Waals surface area contributed by atoms with Crippen molar-refractivity contribution in [2.75, 3.05) is 0 Å².